The number of aryl methyl sites for hydroxylation is 2. The van der Waals surface area contributed by atoms with Gasteiger partial charge in [-0.05, 0) is 98.2 Å². The van der Waals surface area contributed by atoms with Gasteiger partial charge in [0.05, 0.1) is 21.6 Å². The number of alkyl halides is 7. The van der Waals surface area contributed by atoms with Gasteiger partial charge in [0.15, 0.2) is 36.3 Å². The van der Waals surface area contributed by atoms with E-state index < -0.39 is 51.3 Å². The highest BCUT2D eigenvalue weighted by atomic mass is 32.2. The lowest BCUT2D eigenvalue weighted by Gasteiger charge is -2.34. The van der Waals surface area contributed by atoms with Crippen LogP contribution >= 0.6 is 0 Å². The van der Waals surface area contributed by atoms with Crippen LogP contribution in [0.4, 0.5) is 42.4 Å². The van der Waals surface area contributed by atoms with Crippen LogP contribution in [0.2, 0.25) is 0 Å². The molecule has 77 heavy (non-hydrogen) atoms. The quantitative estimate of drug-likeness (QED) is 0.0722. The Morgan fingerprint density at radius 2 is 1.21 bits per heavy atom. The smallest absolute Gasteiger partial charge is 0.422 e. The molecule has 0 amide bonds. The van der Waals surface area contributed by atoms with Gasteiger partial charge in [-0.2, -0.15) is 31.4 Å². The number of ether oxygens (including phenoxy) is 2. The molecular weight excluding hydrogens is 1070 g/mol. The van der Waals surface area contributed by atoms with Gasteiger partial charge in [0, 0.05) is 93.6 Å². The van der Waals surface area contributed by atoms with Gasteiger partial charge < -0.3 is 18.5 Å². The van der Waals surface area contributed by atoms with Crippen molar-refractivity contribution in [2.24, 2.45) is 0 Å². The van der Waals surface area contributed by atoms with Crippen molar-refractivity contribution in [2.45, 2.75) is 106 Å². The average molecular weight is 1120 g/mol. The molecule has 2 aliphatic rings. The highest BCUT2D eigenvalue weighted by Crippen LogP contribution is 2.37. The van der Waals surface area contributed by atoms with Crippen molar-refractivity contribution in [3.63, 3.8) is 0 Å². The van der Waals surface area contributed by atoms with Gasteiger partial charge in [-0.15, -0.1) is 0 Å². The first kappa shape index (κ1) is 54.7. The van der Waals surface area contributed by atoms with E-state index in [-0.39, 0.29) is 69.8 Å². The molecule has 27 heteroatoms. The number of aromatic nitrogens is 6. The second-order valence-corrected chi connectivity index (χ2v) is 22.4. The molecule has 3 atom stereocenters. The number of sulfonamides is 2. The summed E-state index contributed by atoms with van der Waals surface area (Å²) < 4.78 is 173. The Labute approximate surface area is 437 Å². The fraction of sp³-hybridized carbons (Fsp3) is 0.380. The summed E-state index contributed by atoms with van der Waals surface area (Å²) >= 11 is 0. The van der Waals surface area contributed by atoms with Crippen LogP contribution in [0.25, 0.3) is 11.1 Å². The Bertz CT molecular complexity index is 3460. The summed E-state index contributed by atoms with van der Waals surface area (Å²) in [5.74, 6) is -0.659. The third-order valence-corrected chi connectivity index (χ3v) is 16.2. The van der Waals surface area contributed by atoms with E-state index in [1.54, 1.807) is 49.5 Å². The standard InChI is InChI=1S/C50H51F7N10O8S2/c1-30(35-7-11-44(58-22-35)72-28-49(52,53)54)65-16-13-33-5-9-40(19-37(33)25-65)76(68,69)63-43-21-42(75-61-43)48(4,51)15-18-67-27-39(24-60-67)46-32(3)74-62-47(46)64-77(70,71)41-10-6-34-14-17-66(26-38(34)20-41)31(2)36-8-12-45(59-23-36)73-29-50(55,56)57/h5-12,19-24,27,30-31H,13-18,25-26,28-29H2,1-4H3,(H,61,63)(H,62,64)/t30-,31-,48?/m1/s1. The van der Waals surface area contributed by atoms with Gasteiger partial charge >= 0.3 is 12.4 Å². The van der Waals surface area contributed by atoms with Crippen molar-refractivity contribution in [2.75, 3.05) is 35.7 Å². The van der Waals surface area contributed by atoms with Gasteiger partial charge in [-0.25, -0.2) is 31.2 Å². The highest BCUT2D eigenvalue weighted by Gasteiger charge is 2.34. The second-order valence-electron chi connectivity index (χ2n) is 19.0. The number of nitrogens with zero attached hydrogens (tertiary/aromatic N) is 8. The average Bonchev–Trinajstić information content (AvgIpc) is 4.16. The molecule has 7 aromatic rings. The zero-order chi connectivity index (χ0) is 55.1. The van der Waals surface area contributed by atoms with Crippen molar-refractivity contribution in [1.29, 1.82) is 0 Å². The van der Waals surface area contributed by atoms with E-state index in [9.17, 15) is 43.2 Å². The lowest BCUT2D eigenvalue weighted by atomic mass is 9.97. The minimum Gasteiger partial charge on any atom is -0.468 e. The largest absolute Gasteiger partial charge is 0.468 e. The number of rotatable bonds is 19. The summed E-state index contributed by atoms with van der Waals surface area (Å²) in [5, 5.41) is 12.1. The van der Waals surface area contributed by atoms with E-state index in [1.165, 1.54) is 54.5 Å². The molecule has 2 N–H and O–H groups in total. The van der Waals surface area contributed by atoms with E-state index in [1.807, 2.05) is 13.8 Å². The first-order chi connectivity index (χ1) is 36.3. The summed E-state index contributed by atoms with van der Waals surface area (Å²) in [6.45, 7) is 5.76. The number of halogens is 7. The Morgan fingerprint density at radius 1 is 0.675 bits per heavy atom. The van der Waals surface area contributed by atoms with Crippen molar-refractivity contribution >= 4 is 31.7 Å². The molecule has 0 bridgehead atoms. The summed E-state index contributed by atoms with van der Waals surface area (Å²) in [5.41, 5.74) is 3.43. The van der Waals surface area contributed by atoms with Crippen molar-refractivity contribution in [3.05, 3.63) is 136 Å². The summed E-state index contributed by atoms with van der Waals surface area (Å²) in [6.07, 6.45) is -2.06. The molecular formula is C50H51F7N10O8S2. The maximum Gasteiger partial charge on any atom is 0.422 e. The molecule has 0 spiro atoms. The van der Waals surface area contributed by atoms with Gasteiger partial charge in [0.1, 0.15) is 5.76 Å². The lowest BCUT2D eigenvalue weighted by Crippen LogP contribution is -2.33. The lowest BCUT2D eigenvalue weighted by molar-refractivity contribution is -0.154. The van der Waals surface area contributed by atoms with Crippen LogP contribution in [0.5, 0.6) is 11.8 Å². The normalized spacial score (nSPS) is 16.2. The molecule has 5 aromatic heterocycles. The number of nitrogens with one attached hydrogen (secondary N) is 2. The van der Waals surface area contributed by atoms with Crippen molar-refractivity contribution in [3.8, 4) is 22.9 Å². The molecule has 410 valence electrons. The van der Waals surface area contributed by atoms with E-state index in [4.69, 9.17) is 18.5 Å². The predicted octanol–water partition coefficient (Wildman–Crippen LogP) is 9.62. The zero-order valence-electron chi connectivity index (χ0n) is 41.7. The monoisotopic (exact) mass is 1120 g/mol. The molecule has 0 radical (unpaired) electrons. The third-order valence-electron chi connectivity index (χ3n) is 13.5. The number of fused-ring (bicyclic) bond motifs is 2. The third kappa shape index (κ3) is 13.0. The molecule has 18 nitrogen and oxygen atoms in total. The Hall–Kier alpha value is -7.10. The summed E-state index contributed by atoms with van der Waals surface area (Å²) in [6, 6.07) is 16.3. The second kappa shape index (κ2) is 21.4. The molecule has 9 rings (SSSR count). The molecule has 0 fully saturated rings. The van der Waals surface area contributed by atoms with Crippen LogP contribution in [0.3, 0.4) is 0 Å². The van der Waals surface area contributed by atoms with Crippen LogP contribution in [-0.2, 0) is 58.2 Å². The maximum atomic E-state index is 16.3. The van der Waals surface area contributed by atoms with Crippen LogP contribution in [-0.4, -0.2) is 95.4 Å². The van der Waals surface area contributed by atoms with Gasteiger partial charge in [0.25, 0.3) is 20.0 Å². The van der Waals surface area contributed by atoms with Crippen molar-refractivity contribution < 1.29 is 66.1 Å². The first-order valence-corrected chi connectivity index (χ1v) is 27.0. The molecule has 7 heterocycles. The topological polar surface area (TPSA) is 213 Å². The molecule has 2 aliphatic heterocycles. The SMILES string of the molecule is Cc1onc(NS(=O)(=O)c2ccc3c(c2)CN([C@H](C)c2ccc(OCC(F)(F)F)nc2)CC3)c1-c1cnn(CCC(C)(F)c2cc(NS(=O)(=O)c3ccc4c(c3)CN([C@H](C)c3ccc(OCC(F)(F)F)nc3)CC4)no2)c1. The van der Waals surface area contributed by atoms with Gasteiger partial charge in [-0.1, -0.05) is 34.6 Å². The van der Waals surface area contributed by atoms with Crippen LogP contribution in [0.1, 0.15) is 84.2 Å². The predicted molar refractivity (Wildman–Crippen MR) is 263 cm³/mol. The van der Waals surface area contributed by atoms with Crippen LogP contribution < -0.4 is 18.9 Å². The first-order valence-electron chi connectivity index (χ1n) is 24.0. The van der Waals surface area contributed by atoms with E-state index in [0.717, 1.165) is 39.4 Å². The minimum absolute atomic E-state index is 0.00787. The van der Waals surface area contributed by atoms with Gasteiger partial charge in [0.2, 0.25) is 11.8 Å². The number of benzene rings is 2. The minimum atomic E-state index is -4.50. The highest BCUT2D eigenvalue weighted by molar-refractivity contribution is 7.93. The zero-order valence-corrected chi connectivity index (χ0v) is 43.3. The molecule has 0 saturated carbocycles. The van der Waals surface area contributed by atoms with E-state index in [2.05, 4.69) is 44.6 Å². The Balaban J connectivity index is 0.798. The molecule has 1 unspecified atom stereocenters. The summed E-state index contributed by atoms with van der Waals surface area (Å²) in [7, 11) is -8.47. The van der Waals surface area contributed by atoms with E-state index in [0.29, 0.717) is 50.1 Å². The fourth-order valence-corrected chi connectivity index (χ4v) is 11.2. The fourth-order valence-electron chi connectivity index (χ4n) is 9.08. The molecule has 0 saturated heterocycles. The van der Waals surface area contributed by atoms with Crippen LogP contribution in [0.15, 0.2) is 110 Å². The Kier molecular flexibility index (Phi) is 15.2. The Morgan fingerprint density at radius 3 is 1.71 bits per heavy atom. The van der Waals surface area contributed by atoms with E-state index >= 15 is 4.39 Å². The van der Waals surface area contributed by atoms with Gasteiger partial charge in [-0.3, -0.25) is 23.9 Å². The van der Waals surface area contributed by atoms with Crippen molar-refractivity contribution in [1.82, 2.24) is 39.9 Å². The number of hydrogen-bond acceptors (Lipinski definition) is 15. The van der Waals surface area contributed by atoms with Crippen LogP contribution in [0, 0.1) is 6.92 Å². The molecule has 0 aliphatic carbocycles. The number of anilines is 2. The number of pyridine rings is 2. The molecule has 2 aromatic carbocycles. The number of hydrogen-bond donors (Lipinski definition) is 2. The maximum absolute atomic E-state index is 16.3. The summed E-state index contributed by atoms with van der Waals surface area (Å²) in [4.78, 5) is 12.1.